The van der Waals surface area contributed by atoms with Crippen molar-refractivity contribution in [3.05, 3.63) is 30.1 Å². The highest BCUT2D eigenvalue weighted by Crippen LogP contribution is 2.13. The molecule has 0 unspecified atom stereocenters. The summed E-state index contributed by atoms with van der Waals surface area (Å²) in [6, 6.07) is 6.20. The average molecular weight is 242 g/mol. The van der Waals surface area contributed by atoms with Crippen molar-refractivity contribution >= 4 is 10.0 Å². The number of rotatable bonds is 3. The van der Waals surface area contributed by atoms with Gasteiger partial charge in [-0.25, -0.2) is 12.8 Å². The van der Waals surface area contributed by atoms with Crippen LogP contribution in [-0.4, -0.2) is 14.0 Å². The van der Waals surface area contributed by atoms with E-state index >= 15 is 0 Å². The lowest BCUT2D eigenvalue weighted by Gasteiger charge is -2.17. The van der Waals surface area contributed by atoms with Gasteiger partial charge in [-0.15, -0.1) is 0 Å². The van der Waals surface area contributed by atoms with Crippen LogP contribution in [-0.2, 0) is 10.0 Å². The molecule has 0 fully saturated rings. The van der Waals surface area contributed by atoms with Gasteiger partial charge in [-0.2, -0.15) is 9.98 Å². The topological polar surface area (TPSA) is 70.0 Å². The van der Waals surface area contributed by atoms with Crippen molar-refractivity contribution < 1.29 is 12.8 Å². The van der Waals surface area contributed by atoms with E-state index in [2.05, 4.69) is 4.72 Å². The Morgan fingerprint density at radius 2 is 1.81 bits per heavy atom. The number of nitriles is 1. The highest BCUT2D eigenvalue weighted by molar-refractivity contribution is 7.89. The summed E-state index contributed by atoms with van der Waals surface area (Å²) in [6.45, 7) is 2.88. The van der Waals surface area contributed by atoms with E-state index in [1.165, 1.54) is 13.8 Å². The van der Waals surface area contributed by atoms with Crippen molar-refractivity contribution in [2.24, 2.45) is 0 Å². The normalized spacial score (nSPS) is 12.1. The highest BCUT2D eigenvalue weighted by Gasteiger charge is 2.25. The quantitative estimate of drug-likeness (QED) is 0.871. The van der Waals surface area contributed by atoms with Crippen LogP contribution in [0, 0.1) is 17.1 Å². The van der Waals surface area contributed by atoms with Gasteiger partial charge in [0.1, 0.15) is 11.4 Å². The van der Waals surface area contributed by atoms with Gasteiger partial charge in [0.05, 0.1) is 11.0 Å². The number of nitrogens with zero attached hydrogens (tertiary/aromatic N) is 1. The second-order valence-electron chi connectivity index (χ2n) is 3.80. The fraction of sp³-hybridized carbons (Fsp3) is 0.300. The van der Waals surface area contributed by atoms with Crippen LogP contribution >= 0.6 is 0 Å². The van der Waals surface area contributed by atoms with Crippen molar-refractivity contribution in [1.29, 1.82) is 5.26 Å². The Morgan fingerprint density at radius 1 is 1.31 bits per heavy atom. The molecule has 86 valence electrons. The molecular weight excluding hydrogens is 231 g/mol. The van der Waals surface area contributed by atoms with Gasteiger partial charge in [0, 0.05) is 0 Å². The van der Waals surface area contributed by atoms with Crippen LogP contribution in [0.5, 0.6) is 0 Å². The molecule has 1 N–H and O–H groups in total. The molecule has 16 heavy (non-hydrogen) atoms. The third-order valence-electron chi connectivity index (χ3n) is 1.79. The van der Waals surface area contributed by atoms with E-state index in [9.17, 15) is 12.8 Å². The Hall–Kier alpha value is -1.45. The molecule has 0 aliphatic carbocycles. The summed E-state index contributed by atoms with van der Waals surface area (Å²) in [4.78, 5) is -0.0720. The van der Waals surface area contributed by atoms with Crippen LogP contribution in [0.2, 0.25) is 0 Å². The molecule has 0 amide bonds. The van der Waals surface area contributed by atoms with Crippen molar-refractivity contribution in [2.45, 2.75) is 24.3 Å². The summed E-state index contributed by atoms with van der Waals surface area (Å²) >= 11 is 0. The molecule has 0 heterocycles. The van der Waals surface area contributed by atoms with E-state index in [-0.39, 0.29) is 4.90 Å². The molecule has 0 bridgehead atoms. The largest absolute Gasteiger partial charge is 0.241 e. The van der Waals surface area contributed by atoms with Gasteiger partial charge in [-0.1, -0.05) is 0 Å². The summed E-state index contributed by atoms with van der Waals surface area (Å²) in [5.41, 5.74) is -1.20. The lowest BCUT2D eigenvalue weighted by molar-refractivity contribution is 0.535. The number of hydrogen-bond donors (Lipinski definition) is 1. The van der Waals surface area contributed by atoms with E-state index in [0.717, 1.165) is 24.3 Å². The van der Waals surface area contributed by atoms with Gasteiger partial charge in [-0.3, -0.25) is 0 Å². The zero-order valence-electron chi connectivity index (χ0n) is 8.86. The monoisotopic (exact) mass is 242 g/mol. The fourth-order valence-electron chi connectivity index (χ4n) is 1.03. The van der Waals surface area contributed by atoms with Crippen LogP contribution in [0.3, 0.4) is 0 Å². The van der Waals surface area contributed by atoms with Gasteiger partial charge in [0.2, 0.25) is 10.0 Å². The summed E-state index contributed by atoms with van der Waals surface area (Å²) in [5, 5.41) is 8.71. The molecule has 4 nitrogen and oxygen atoms in total. The Kier molecular flexibility index (Phi) is 3.31. The summed E-state index contributed by atoms with van der Waals surface area (Å²) in [6.07, 6.45) is 0. The molecule has 0 saturated carbocycles. The first-order chi connectivity index (χ1) is 7.27. The number of nitrogens with one attached hydrogen (secondary N) is 1. The number of sulfonamides is 1. The van der Waals surface area contributed by atoms with Crippen LogP contribution < -0.4 is 4.72 Å². The molecule has 0 aliphatic heterocycles. The molecular formula is C10H11FN2O2S. The van der Waals surface area contributed by atoms with Crippen LogP contribution in [0.4, 0.5) is 4.39 Å². The third-order valence-corrected chi connectivity index (χ3v) is 3.46. The van der Waals surface area contributed by atoms with Gasteiger partial charge >= 0.3 is 0 Å². The Morgan fingerprint density at radius 3 is 2.25 bits per heavy atom. The molecule has 1 rings (SSSR count). The first-order valence-electron chi connectivity index (χ1n) is 4.48. The molecule has 0 aromatic heterocycles. The van der Waals surface area contributed by atoms with E-state index < -0.39 is 21.4 Å². The highest BCUT2D eigenvalue weighted by atomic mass is 32.2. The molecule has 0 atom stereocenters. The number of hydrogen-bond acceptors (Lipinski definition) is 3. The van der Waals surface area contributed by atoms with Crippen molar-refractivity contribution in [3.63, 3.8) is 0 Å². The minimum atomic E-state index is -3.79. The summed E-state index contributed by atoms with van der Waals surface area (Å²) in [7, 11) is -3.79. The maximum atomic E-state index is 12.6. The first kappa shape index (κ1) is 12.6. The lowest BCUT2D eigenvalue weighted by Crippen LogP contribution is -2.41. The molecule has 6 heteroatoms. The van der Waals surface area contributed by atoms with Gasteiger partial charge < -0.3 is 0 Å². The van der Waals surface area contributed by atoms with E-state index in [1.54, 1.807) is 0 Å². The Bertz CT molecular complexity index is 515. The predicted octanol–water partition coefficient (Wildman–Crippen LogP) is 1.41. The zero-order valence-corrected chi connectivity index (χ0v) is 9.68. The Balaban J connectivity index is 3.05. The molecule has 0 saturated heterocycles. The molecule has 0 spiro atoms. The third kappa shape index (κ3) is 3.02. The first-order valence-corrected chi connectivity index (χ1v) is 5.96. The summed E-state index contributed by atoms with van der Waals surface area (Å²) in [5.74, 6) is -0.515. The minimum Gasteiger partial charge on any atom is -0.207 e. The SMILES string of the molecule is CC(C)(C#N)NS(=O)(=O)c1ccc(F)cc1. The average Bonchev–Trinajstić information content (AvgIpc) is 2.17. The number of benzene rings is 1. The lowest BCUT2D eigenvalue weighted by atomic mass is 10.1. The van der Waals surface area contributed by atoms with Crippen LogP contribution in [0.25, 0.3) is 0 Å². The van der Waals surface area contributed by atoms with Crippen molar-refractivity contribution in [3.8, 4) is 6.07 Å². The molecule has 1 aromatic rings. The van der Waals surface area contributed by atoms with E-state index in [4.69, 9.17) is 5.26 Å². The minimum absolute atomic E-state index is 0.0720. The fourth-order valence-corrected chi connectivity index (χ4v) is 2.36. The smallest absolute Gasteiger partial charge is 0.207 e. The maximum Gasteiger partial charge on any atom is 0.241 e. The van der Waals surface area contributed by atoms with E-state index in [0.29, 0.717) is 0 Å². The second kappa shape index (κ2) is 4.20. The zero-order chi connectivity index (χ0) is 12.4. The van der Waals surface area contributed by atoms with Crippen molar-refractivity contribution in [2.75, 3.05) is 0 Å². The van der Waals surface area contributed by atoms with Gasteiger partial charge in [0.15, 0.2) is 0 Å². The Labute approximate surface area is 93.8 Å². The molecule has 0 aliphatic rings. The van der Waals surface area contributed by atoms with E-state index in [1.807, 2.05) is 6.07 Å². The maximum absolute atomic E-state index is 12.6. The predicted molar refractivity (Wildman–Crippen MR) is 56.4 cm³/mol. The standard InChI is InChI=1S/C10H11FN2O2S/c1-10(2,7-12)13-16(14,15)9-5-3-8(11)4-6-9/h3-6,13H,1-2H3. The van der Waals surface area contributed by atoms with Gasteiger partial charge in [-0.05, 0) is 38.1 Å². The number of halogens is 1. The van der Waals surface area contributed by atoms with Crippen LogP contribution in [0.15, 0.2) is 29.2 Å². The molecule has 1 aromatic carbocycles. The van der Waals surface area contributed by atoms with Gasteiger partial charge in [0.25, 0.3) is 0 Å². The van der Waals surface area contributed by atoms with Crippen LogP contribution in [0.1, 0.15) is 13.8 Å². The summed E-state index contributed by atoms with van der Waals surface area (Å²) < 4.78 is 38.3. The van der Waals surface area contributed by atoms with Crippen molar-refractivity contribution in [1.82, 2.24) is 4.72 Å². The molecule has 0 radical (unpaired) electrons. The second-order valence-corrected chi connectivity index (χ2v) is 5.48.